The molecule has 1 saturated carbocycles. The smallest absolute Gasteiger partial charge is 0.229 e. The molecule has 1 N–H and O–H groups in total. The summed E-state index contributed by atoms with van der Waals surface area (Å²) in [4.78, 5) is 8.34. The van der Waals surface area contributed by atoms with Crippen molar-refractivity contribution in [3.63, 3.8) is 0 Å². The van der Waals surface area contributed by atoms with Gasteiger partial charge < -0.3 is 9.63 Å². The van der Waals surface area contributed by atoms with E-state index < -0.39 is 0 Å². The average Bonchev–Trinajstić information content (AvgIpc) is 3.11. The van der Waals surface area contributed by atoms with E-state index in [0.717, 1.165) is 18.4 Å². The first kappa shape index (κ1) is 13.2. The van der Waals surface area contributed by atoms with Crippen molar-refractivity contribution in [2.75, 3.05) is 0 Å². The van der Waals surface area contributed by atoms with Crippen LogP contribution in [0.15, 0.2) is 29.0 Å². The molecule has 0 aromatic carbocycles. The molecule has 0 bridgehead atoms. The van der Waals surface area contributed by atoms with Crippen molar-refractivity contribution in [2.24, 2.45) is 5.92 Å². The molecule has 20 heavy (non-hydrogen) atoms. The summed E-state index contributed by atoms with van der Waals surface area (Å²) in [6.07, 6.45) is 8.91. The number of nitrogens with zero attached hydrogens (tertiary/aromatic N) is 3. The van der Waals surface area contributed by atoms with E-state index in [1.165, 1.54) is 12.8 Å². The van der Waals surface area contributed by atoms with Gasteiger partial charge in [-0.15, -0.1) is 0 Å². The number of aliphatic hydroxyl groups excluding tert-OH is 1. The Bertz CT molecular complexity index is 535. The third-order valence-electron chi connectivity index (χ3n) is 3.95. The normalized spacial score (nSPS) is 17.4. The van der Waals surface area contributed by atoms with E-state index in [1.54, 1.807) is 12.4 Å². The van der Waals surface area contributed by atoms with Crippen molar-refractivity contribution in [3.05, 3.63) is 41.8 Å². The van der Waals surface area contributed by atoms with Gasteiger partial charge in [-0.1, -0.05) is 18.0 Å². The molecule has 106 valence electrons. The van der Waals surface area contributed by atoms with Crippen molar-refractivity contribution in [1.29, 1.82) is 0 Å². The maximum Gasteiger partial charge on any atom is 0.229 e. The van der Waals surface area contributed by atoms with Gasteiger partial charge in [0.1, 0.15) is 0 Å². The van der Waals surface area contributed by atoms with Crippen molar-refractivity contribution in [1.82, 2.24) is 15.1 Å². The topological polar surface area (TPSA) is 72.0 Å². The van der Waals surface area contributed by atoms with Crippen LogP contribution in [-0.2, 0) is 12.8 Å². The minimum atomic E-state index is -0.355. The van der Waals surface area contributed by atoms with Gasteiger partial charge in [0.15, 0.2) is 5.82 Å². The molecule has 2 heterocycles. The fourth-order valence-corrected chi connectivity index (χ4v) is 2.82. The fraction of sp³-hybridized carbons (Fsp3) is 0.533. The highest BCUT2D eigenvalue weighted by Crippen LogP contribution is 2.28. The maximum atomic E-state index is 10.2. The second-order valence-electron chi connectivity index (χ2n) is 5.45. The first-order valence-electron chi connectivity index (χ1n) is 7.19. The van der Waals surface area contributed by atoms with Gasteiger partial charge in [0.25, 0.3) is 0 Å². The van der Waals surface area contributed by atoms with E-state index >= 15 is 0 Å². The van der Waals surface area contributed by atoms with Crippen LogP contribution < -0.4 is 0 Å². The Morgan fingerprint density at radius 2 is 2.00 bits per heavy atom. The highest BCUT2D eigenvalue weighted by Gasteiger charge is 2.25. The molecule has 0 radical (unpaired) electrons. The zero-order valence-corrected chi connectivity index (χ0v) is 11.4. The molecule has 2 aromatic heterocycles. The predicted molar refractivity (Wildman–Crippen MR) is 73.0 cm³/mol. The van der Waals surface area contributed by atoms with Crippen molar-refractivity contribution in [2.45, 2.75) is 44.6 Å². The van der Waals surface area contributed by atoms with Crippen LogP contribution in [0, 0.1) is 5.92 Å². The zero-order chi connectivity index (χ0) is 13.8. The summed E-state index contributed by atoms with van der Waals surface area (Å²) in [5, 5.41) is 14.1. The van der Waals surface area contributed by atoms with Crippen LogP contribution in [0.2, 0.25) is 0 Å². The molecular formula is C15H19N3O2. The quantitative estimate of drug-likeness (QED) is 0.903. The second kappa shape index (κ2) is 6.13. The van der Waals surface area contributed by atoms with Crippen molar-refractivity contribution in [3.8, 4) is 0 Å². The Morgan fingerprint density at radius 1 is 1.25 bits per heavy atom. The third kappa shape index (κ3) is 3.22. The van der Waals surface area contributed by atoms with Crippen molar-refractivity contribution < 1.29 is 9.63 Å². The standard InChI is InChI=1S/C15H19N3O2/c19-13(12-3-1-2-4-12)10-15-17-14(18-20-15)9-11-5-7-16-8-6-11/h5-8,12-13,19H,1-4,9-10H2. The minimum Gasteiger partial charge on any atom is -0.392 e. The number of hydrogen-bond acceptors (Lipinski definition) is 5. The molecule has 3 rings (SSSR count). The summed E-state index contributed by atoms with van der Waals surface area (Å²) in [6.45, 7) is 0. The third-order valence-corrected chi connectivity index (χ3v) is 3.95. The van der Waals surface area contributed by atoms with E-state index in [2.05, 4.69) is 15.1 Å². The van der Waals surface area contributed by atoms with Gasteiger partial charge >= 0.3 is 0 Å². The van der Waals surface area contributed by atoms with Gasteiger partial charge in [-0.05, 0) is 36.5 Å². The van der Waals surface area contributed by atoms with Gasteiger partial charge in [-0.3, -0.25) is 4.98 Å². The molecule has 0 amide bonds. The van der Waals surface area contributed by atoms with Crippen LogP contribution in [0.25, 0.3) is 0 Å². The lowest BCUT2D eigenvalue weighted by atomic mass is 9.98. The Hall–Kier alpha value is -1.75. The molecule has 0 aliphatic heterocycles. The lowest BCUT2D eigenvalue weighted by Crippen LogP contribution is -2.20. The lowest BCUT2D eigenvalue weighted by Gasteiger charge is -2.14. The zero-order valence-electron chi connectivity index (χ0n) is 11.4. The van der Waals surface area contributed by atoms with E-state index in [0.29, 0.717) is 30.5 Å². The number of pyridine rings is 1. The molecule has 0 spiro atoms. The summed E-state index contributed by atoms with van der Waals surface area (Å²) >= 11 is 0. The summed E-state index contributed by atoms with van der Waals surface area (Å²) < 4.78 is 5.23. The van der Waals surface area contributed by atoms with Gasteiger partial charge in [0.2, 0.25) is 5.89 Å². The monoisotopic (exact) mass is 273 g/mol. The van der Waals surface area contributed by atoms with Crippen LogP contribution >= 0.6 is 0 Å². The molecule has 1 aliphatic rings. The van der Waals surface area contributed by atoms with Crippen LogP contribution in [0.3, 0.4) is 0 Å². The number of aliphatic hydroxyl groups is 1. The number of rotatable bonds is 5. The molecule has 2 aromatic rings. The maximum absolute atomic E-state index is 10.2. The van der Waals surface area contributed by atoms with Gasteiger partial charge in [-0.2, -0.15) is 4.98 Å². The van der Waals surface area contributed by atoms with Gasteiger partial charge in [0.05, 0.1) is 12.5 Å². The molecular weight excluding hydrogens is 254 g/mol. The fourth-order valence-electron chi connectivity index (χ4n) is 2.82. The van der Waals surface area contributed by atoms with Gasteiger partial charge in [-0.25, -0.2) is 0 Å². The highest BCUT2D eigenvalue weighted by atomic mass is 16.5. The molecule has 1 aliphatic carbocycles. The first-order valence-corrected chi connectivity index (χ1v) is 7.19. The largest absolute Gasteiger partial charge is 0.392 e. The molecule has 1 fully saturated rings. The highest BCUT2D eigenvalue weighted by molar-refractivity contribution is 5.14. The Labute approximate surface area is 118 Å². The van der Waals surface area contributed by atoms with Crippen LogP contribution in [0.4, 0.5) is 0 Å². The van der Waals surface area contributed by atoms with Crippen LogP contribution in [0.1, 0.15) is 43.0 Å². The van der Waals surface area contributed by atoms with Crippen LogP contribution in [-0.4, -0.2) is 26.3 Å². The van der Waals surface area contributed by atoms with E-state index in [4.69, 9.17) is 4.52 Å². The molecule has 1 unspecified atom stereocenters. The first-order chi connectivity index (χ1) is 9.81. The minimum absolute atomic E-state index is 0.355. The second-order valence-corrected chi connectivity index (χ2v) is 5.45. The van der Waals surface area contributed by atoms with Gasteiger partial charge in [0, 0.05) is 18.8 Å². The van der Waals surface area contributed by atoms with Crippen molar-refractivity contribution >= 4 is 0 Å². The molecule has 5 nitrogen and oxygen atoms in total. The number of aromatic nitrogens is 3. The molecule has 0 saturated heterocycles. The Balaban J connectivity index is 1.59. The van der Waals surface area contributed by atoms with E-state index in [1.807, 2.05) is 12.1 Å². The SMILES string of the molecule is OC(Cc1nc(Cc2ccncc2)no1)C1CCCC1. The molecule has 5 heteroatoms. The molecule has 1 atom stereocenters. The summed E-state index contributed by atoms with van der Waals surface area (Å²) in [5.41, 5.74) is 1.10. The van der Waals surface area contributed by atoms with Crippen LogP contribution in [0.5, 0.6) is 0 Å². The summed E-state index contributed by atoms with van der Waals surface area (Å²) in [5.74, 6) is 1.59. The Kier molecular flexibility index (Phi) is 4.06. The van der Waals surface area contributed by atoms with E-state index in [-0.39, 0.29) is 6.10 Å². The average molecular weight is 273 g/mol. The predicted octanol–water partition coefficient (Wildman–Crippen LogP) is 2.15. The number of hydrogen-bond donors (Lipinski definition) is 1. The van der Waals surface area contributed by atoms with E-state index in [9.17, 15) is 5.11 Å². The lowest BCUT2D eigenvalue weighted by molar-refractivity contribution is 0.102. The summed E-state index contributed by atoms with van der Waals surface area (Å²) in [6, 6.07) is 3.87. The Morgan fingerprint density at radius 3 is 2.75 bits per heavy atom. The summed E-state index contributed by atoms with van der Waals surface area (Å²) in [7, 11) is 0.